The van der Waals surface area contributed by atoms with E-state index in [4.69, 9.17) is 4.42 Å². The molecule has 3 aromatic rings. The van der Waals surface area contributed by atoms with Crippen LogP contribution in [0, 0.1) is 0 Å². The van der Waals surface area contributed by atoms with Gasteiger partial charge in [-0.15, -0.1) is 0 Å². The lowest BCUT2D eigenvalue weighted by Crippen LogP contribution is -2.32. The van der Waals surface area contributed by atoms with E-state index in [0.717, 1.165) is 5.56 Å². The minimum atomic E-state index is -3.56. The Morgan fingerprint density at radius 3 is 2.25 bits per heavy atom. The molecule has 0 unspecified atom stereocenters. The number of carbonyl (C=O) groups excluding carboxylic acids is 2. The van der Waals surface area contributed by atoms with E-state index < -0.39 is 15.7 Å². The van der Waals surface area contributed by atoms with Crippen molar-refractivity contribution in [1.82, 2.24) is 10.2 Å². The van der Waals surface area contributed by atoms with Crippen LogP contribution in [-0.4, -0.2) is 38.2 Å². The van der Waals surface area contributed by atoms with Gasteiger partial charge in [0.15, 0.2) is 15.6 Å². The molecule has 7 nitrogen and oxygen atoms in total. The van der Waals surface area contributed by atoms with E-state index in [-0.39, 0.29) is 40.7 Å². The zero-order valence-corrected chi connectivity index (χ0v) is 19.1. The SMILES string of the molecule is CC(C)N(C)C(=O)c1ccc(CNC(=O)c2ccc(CS(=O)(=O)c3ccccc3)o2)cc1. The van der Waals surface area contributed by atoms with Crippen LogP contribution in [0.1, 0.15) is 46.1 Å². The van der Waals surface area contributed by atoms with Crippen molar-refractivity contribution >= 4 is 21.7 Å². The fourth-order valence-corrected chi connectivity index (χ4v) is 4.22. The van der Waals surface area contributed by atoms with Crippen molar-refractivity contribution in [1.29, 1.82) is 0 Å². The number of carbonyl (C=O) groups is 2. The Bertz CT molecular complexity index is 1180. The van der Waals surface area contributed by atoms with Gasteiger partial charge in [-0.25, -0.2) is 8.42 Å². The second kappa shape index (κ2) is 9.82. The van der Waals surface area contributed by atoms with Crippen LogP contribution in [0.5, 0.6) is 0 Å². The zero-order valence-electron chi connectivity index (χ0n) is 18.2. The Morgan fingerprint density at radius 2 is 1.62 bits per heavy atom. The second-order valence-corrected chi connectivity index (χ2v) is 9.72. The zero-order chi connectivity index (χ0) is 23.3. The molecule has 3 rings (SSSR count). The van der Waals surface area contributed by atoms with Gasteiger partial charge in [0.2, 0.25) is 0 Å². The molecule has 1 N–H and O–H groups in total. The lowest BCUT2D eigenvalue weighted by atomic mass is 10.1. The van der Waals surface area contributed by atoms with E-state index in [0.29, 0.717) is 5.56 Å². The third kappa shape index (κ3) is 5.64. The lowest BCUT2D eigenvalue weighted by Gasteiger charge is -2.21. The van der Waals surface area contributed by atoms with Gasteiger partial charge in [0.1, 0.15) is 11.5 Å². The van der Waals surface area contributed by atoms with E-state index in [1.807, 2.05) is 13.8 Å². The van der Waals surface area contributed by atoms with Gasteiger partial charge in [0, 0.05) is 25.2 Å². The molecule has 0 aliphatic heterocycles. The van der Waals surface area contributed by atoms with Crippen LogP contribution in [0.3, 0.4) is 0 Å². The smallest absolute Gasteiger partial charge is 0.287 e. The molecule has 0 bridgehead atoms. The second-order valence-electron chi connectivity index (χ2n) is 7.73. The highest BCUT2D eigenvalue weighted by Gasteiger charge is 2.19. The highest BCUT2D eigenvalue weighted by atomic mass is 32.2. The molecular formula is C24H26N2O5S. The summed E-state index contributed by atoms with van der Waals surface area (Å²) in [5.41, 5.74) is 1.40. The predicted octanol–water partition coefficient (Wildman–Crippen LogP) is 3.66. The summed E-state index contributed by atoms with van der Waals surface area (Å²) in [6, 6.07) is 18.1. The first-order chi connectivity index (χ1) is 15.2. The van der Waals surface area contributed by atoms with Gasteiger partial charge in [-0.3, -0.25) is 9.59 Å². The topological polar surface area (TPSA) is 96.7 Å². The average Bonchev–Trinajstić information content (AvgIpc) is 3.25. The van der Waals surface area contributed by atoms with Gasteiger partial charge in [0.05, 0.1) is 4.90 Å². The molecule has 2 amide bonds. The summed E-state index contributed by atoms with van der Waals surface area (Å²) in [7, 11) is -1.81. The van der Waals surface area contributed by atoms with Crippen LogP contribution < -0.4 is 5.32 Å². The monoisotopic (exact) mass is 454 g/mol. The van der Waals surface area contributed by atoms with Crippen LogP contribution >= 0.6 is 0 Å². The summed E-state index contributed by atoms with van der Waals surface area (Å²) in [5.74, 6) is -0.619. The molecule has 0 aliphatic carbocycles. The molecule has 1 aromatic heterocycles. The van der Waals surface area contributed by atoms with E-state index in [9.17, 15) is 18.0 Å². The first kappa shape index (κ1) is 23.3. The Balaban J connectivity index is 1.58. The van der Waals surface area contributed by atoms with Crippen molar-refractivity contribution in [2.75, 3.05) is 7.05 Å². The van der Waals surface area contributed by atoms with Gasteiger partial charge in [0.25, 0.3) is 11.8 Å². The molecule has 0 spiro atoms. The number of furan rings is 1. The molecule has 1 heterocycles. The summed E-state index contributed by atoms with van der Waals surface area (Å²) in [4.78, 5) is 26.6. The number of amides is 2. The Morgan fingerprint density at radius 1 is 0.969 bits per heavy atom. The highest BCUT2D eigenvalue weighted by Crippen LogP contribution is 2.18. The van der Waals surface area contributed by atoms with Crippen LogP contribution in [0.2, 0.25) is 0 Å². The van der Waals surface area contributed by atoms with Gasteiger partial charge in [-0.2, -0.15) is 0 Å². The van der Waals surface area contributed by atoms with E-state index in [2.05, 4.69) is 5.32 Å². The molecule has 0 saturated carbocycles. The average molecular weight is 455 g/mol. The Kier molecular flexibility index (Phi) is 7.15. The van der Waals surface area contributed by atoms with Crippen molar-refractivity contribution in [2.45, 2.75) is 37.1 Å². The van der Waals surface area contributed by atoms with Crippen molar-refractivity contribution < 1.29 is 22.4 Å². The summed E-state index contributed by atoms with van der Waals surface area (Å²) < 4.78 is 30.4. The third-order valence-corrected chi connectivity index (χ3v) is 6.72. The third-order valence-electron chi connectivity index (χ3n) is 5.07. The lowest BCUT2D eigenvalue weighted by molar-refractivity contribution is 0.0754. The molecule has 2 aromatic carbocycles. The number of rotatable bonds is 8. The van der Waals surface area contributed by atoms with Crippen molar-refractivity contribution in [3.8, 4) is 0 Å². The molecule has 168 valence electrons. The van der Waals surface area contributed by atoms with Gasteiger partial charge < -0.3 is 14.6 Å². The molecule has 0 fully saturated rings. The number of hydrogen-bond donors (Lipinski definition) is 1. The molecule has 8 heteroatoms. The van der Waals surface area contributed by atoms with Crippen molar-refractivity contribution in [3.05, 3.63) is 89.4 Å². The van der Waals surface area contributed by atoms with E-state index in [1.54, 1.807) is 54.4 Å². The number of sulfone groups is 1. The minimum absolute atomic E-state index is 0.0358. The molecular weight excluding hydrogens is 428 g/mol. The van der Waals surface area contributed by atoms with Crippen LogP contribution in [0.4, 0.5) is 0 Å². The number of hydrogen-bond acceptors (Lipinski definition) is 5. The van der Waals surface area contributed by atoms with Crippen molar-refractivity contribution in [2.24, 2.45) is 0 Å². The predicted molar refractivity (Wildman–Crippen MR) is 121 cm³/mol. The normalized spacial score (nSPS) is 11.4. The highest BCUT2D eigenvalue weighted by molar-refractivity contribution is 7.90. The fourth-order valence-electron chi connectivity index (χ4n) is 2.95. The summed E-state index contributed by atoms with van der Waals surface area (Å²) in [6.45, 7) is 4.13. The van der Waals surface area contributed by atoms with E-state index >= 15 is 0 Å². The molecule has 0 aliphatic rings. The van der Waals surface area contributed by atoms with Gasteiger partial charge in [-0.1, -0.05) is 30.3 Å². The summed E-state index contributed by atoms with van der Waals surface area (Å²) in [6.07, 6.45) is 0. The minimum Gasteiger partial charge on any atom is -0.455 e. The van der Waals surface area contributed by atoms with Gasteiger partial charge in [-0.05, 0) is 55.8 Å². The number of nitrogens with zero attached hydrogens (tertiary/aromatic N) is 1. The summed E-state index contributed by atoms with van der Waals surface area (Å²) >= 11 is 0. The molecule has 0 saturated heterocycles. The van der Waals surface area contributed by atoms with Crippen LogP contribution in [-0.2, 0) is 22.1 Å². The maximum atomic E-state index is 12.5. The largest absolute Gasteiger partial charge is 0.455 e. The maximum Gasteiger partial charge on any atom is 0.287 e. The van der Waals surface area contributed by atoms with Gasteiger partial charge >= 0.3 is 0 Å². The van der Waals surface area contributed by atoms with Crippen LogP contribution in [0.25, 0.3) is 0 Å². The van der Waals surface area contributed by atoms with E-state index in [1.165, 1.54) is 24.3 Å². The molecule has 0 atom stereocenters. The standard InChI is InChI=1S/C24H26N2O5S/c1-17(2)26(3)24(28)19-11-9-18(10-12-19)15-25-23(27)22-14-13-20(31-22)16-32(29,30)21-7-5-4-6-8-21/h4-14,17H,15-16H2,1-3H3,(H,25,27). The Hall–Kier alpha value is -3.39. The van der Waals surface area contributed by atoms with Crippen molar-refractivity contribution in [3.63, 3.8) is 0 Å². The fraction of sp³-hybridized carbons (Fsp3) is 0.250. The maximum absolute atomic E-state index is 12.5. The van der Waals surface area contributed by atoms with Crippen LogP contribution in [0.15, 0.2) is 76.0 Å². The first-order valence-corrected chi connectivity index (χ1v) is 11.8. The molecule has 0 radical (unpaired) electrons. The number of benzene rings is 2. The molecule has 32 heavy (non-hydrogen) atoms. The quantitative estimate of drug-likeness (QED) is 0.560. The summed E-state index contributed by atoms with van der Waals surface area (Å²) in [5, 5.41) is 2.74. The number of nitrogens with one attached hydrogen (secondary N) is 1. The first-order valence-electron chi connectivity index (χ1n) is 10.2. The Labute approximate surface area is 188 Å².